The number of carbonyl (C=O) groups excluding carboxylic acids is 1. The van der Waals surface area contributed by atoms with Gasteiger partial charge in [0.2, 0.25) is 0 Å². The van der Waals surface area contributed by atoms with Gasteiger partial charge in [-0.2, -0.15) is 0 Å². The number of fused-ring (bicyclic) bond motifs is 1. The molecule has 0 spiro atoms. The number of nitrogens with one attached hydrogen (secondary N) is 1. The minimum atomic E-state index is -0.473. The Morgan fingerprint density at radius 2 is 2.04 bits per heavy atom. The molecule has 3 heterocycles. The molecule has 0 aliphatic carbocycles. The lowest BCUT2D eigenvalue weighted by Crippen LogP contribution is -2.26. The van der Waals surface area contributed by atoms with Crippen LogP contribution in [0.15, 0.2) is 47.0 Å². The number of carbonyl (C=O) groups is 1. The van der Waals surface area contributed by atoms with Crippen molar-refractivity contribution in [1.82, 2.24) is 10.3 Å². The van der Waals surface area contributed by atoms with E-state index in [9.17, 15) is 4.79 Å². The number of hydrogen-bond acceptors (Lipinski definition) is 4. The highest BCUT2D eigenvalue weighted by molar-refractivity contribution is 6.05. The first-order chi connectivity index (χ1) is 11.7. The predicted molar refractivity (Wildman–Crippen MR) is 92.8 cm³/mol. The normalized spacial score (nSPS) is 15.7. The van der Waals surface area contributed by atoms with Crippen LogP contribution >= 0.6 is 0 Å². The van der Waals surface area contributed by atoms with Gasteiger partial charge in [-0.25, -0.2) is 0 Å². The summed E-state index contributed by atoms with van der Waals surface area (Å²) in [5, 5.41) is 4.36. The standard InChI is InChI=1S/C19H19N3O2/c20-19(23)14-5-4-13(12-6-9-21-10-7-12)15-11-17(24-18(14)15)16-3-1-2-8-22-16/h1-5,8,11-12,21H,6-7,9-10H2,(H2,20,23). The fourth-order valence-corrected chi connectivity index (χ4v) is 3.46. The maximum atomic E-state index is 11.8. The molecule has 1 amide bonds. The first-order valence-electron chi connectivity index (χ1n) is 8.22. The number of piperidine rings is 1. The van der Waals surface area contributed by atoms with Crippen molar-refractivity contribution in [2.75, 3.05) is 13.1 Å². The number of furan rings is 1. The molecule has 1 aliphatic heterocycles. The quantitative estimate of drug-likeness (QED) is 0.777. The van der Waals surface area contributed by atoms with Crippen LogP contribution in [0.5, 0.6) is 0 Å². The first-order valence-corrected chi connectivity index (χ1v) is 8.22. The number of nitrogens with two attached hydrogens (primary N) is 1. The summed E-state index contributed by atoms with van der Waals surface area (Å²) in [6.07, 6.45) is 3.88. The number of pyridine rings is 1. The molecule has 3 aromatic rings. The Balaban J connectivity index is 1.90. The summed E-state index contributed by atoms with van der Waals surface area (Å²) >= 11 is 0. The highest BCUT2D eigenvalue weighted by Crippen LogP contribution is 2.37. The van der Waals surface area contributed by atoms with Gasteiger partial charge in [0.15, 0.2) is 5.76 Å². The van der Waals surface area contributed by atoms with Crippen LogP contribution in [0.25, 0.3) is 22.4 Å². The van der Waals surface area contributed by atoms with Crippen LogP contribution in [0.4, 0.5) is 0 Å². The Bertz CT molecular complexity index is 880. The van der Waals surface area contributed by atoms with E-state index in [0.29, 0.717) is 22.8 Å². The molecule has 1 aromatic carbocycles. The van der Waals surface area contributed by atoms with Crippen LogP contribution < -0.4 is 11.1 Å². The van der Waals surface area contributed by atoms with Crippen molar-refractivity contribution in [3.8, 4) is 11.5 Å². The number of primary amides is 1. The lowest BCUT2D eigenvalue weighted by atomic mass is 9.87. The van der Waals surface area contributed by atoms with Crippen LogP contribution in [0, 0.1) is 0 Å². The van der Waals surface area contributed by atoms with Gasteiger partial charge in [-0.3, -0.25) is 9.78 Å². The van der Waals surface area contributed by atoms with Crippen molar-refractivity contribution in [1.29, 1.82) is 0 Å². The number of benzene rings is 1. The number of rotatable bonds is 3. The zero-order valence-corrected chi connectivity index (χ0v) is 13.3. The van der Waals surface area contributed by atoms with Gasteiger partial charge in [0.25, 0.3) is 5.91 Å². The average molecular weight is 321 g/mol. The van der Waals surface area contributed by atoms with E-state index in [4.69, 9.17) is 10.2 Å². The van der Waals surface area contributed by atoms with Crippen molar-refractivity contribution in [3.05, 3.63) is 53.7 Å². The van der Waals surface area contributed by atoms with Gasteiger partial charge < -0.3 is 15.5 Å². The Morgan fingerprint density at radius 3 is 2.75 bits per heavy atom. The van der Waals surface area contributed by atoms with Crippen LogP contribution in [0.1, 0.15) is 34.7 Å². The van der Waals surface area contributed by atoms with Gasteiger partial charge >= 0.3 is 0 Å². The topological polar surface area (TPSA) is 81.2 Å². The Kier molecular flexibility index (Phi) is 3.78. The van der Waals surface area contributed by atoms with E-state index in [1.54, 1.807) is 12.3 Å². The third kappa shape index (κ3) is 2.57. The highest BCUT2D eigenvalue weighted by Gasteiger charge is 2.22. The second-order valence-corrected chi connectivity index (χ2v) is 6.16. The highest BCUT2D eigenvalue weighted by atomic mass is 16.3. The van der Waals surface area contributed by atoms with Crippen molar-refractivity contribution < 1.29 is 9.21 Å². The zero-order chi connectivity index (χ0) is 16.5. The molecule has 5 nitrogen and oxygen atoms in total. The van der Waals surface area contributed by atoms with E-state index in [0.717, 1.165) is 37.0 Å². The molecule has 1 aliphatic rings. The molecule has 5 heteroatoms. The molecule has 0 radical (unpaired) electrons. The first kappa shape index (κ1) is 14.9. The maximum absolute atomic E-state index is 11.8. The fourth-order valence-electron chi connectivity index (χ4n) is 3.46. The third-order valence-corrected chi connectivity index (χ3v) is 4.68. The Morgan fingerprint density at radius 1 is 1.21 bits per heavy atom. The van der Waals surface area contributed by atoms with Crippen molar-refractivity contribution in [3.63, 3.8) is 0 Å². The largest absolute Gasteiger partial charge is 0.454 e. The third-order valence-electron chi connectivity index (χ3n) is 4.68. The van der Waals surface area contributed by atoms with E-state index in [1.807, 2.05) is 30.3 Å². The summed E-state index contributed by atoms with van der Waals surface area (Å²) in [4.78, 5) is 16.1. The minimum Gasteiger partial charge on any atom is -0.454 e. The number of hydrogen-bond donors (Lipinski definition) is 2. The summed E-state index contributed by atoms with van der Waals surface area (Å²) in [7, 11) is 0. The minimum absolute atomic E-state index is 0.421. The van der Waals surface area contributed by atoms with Crippen LogP contribution in [0.3, 0.4) is 0 Å². The maximum Gasteiger partial charge on any atom is 0.252 e. The zero-order valence-electron chi connectivity index (χ0n) is 13.3. The van der Waals surface area contributed by atoms with Gasteiger partial charge in [0, 0.05) is 11.6 Å². The smallest absolute Gasteiger partial charge is 0.252 e. The molecule has 0 atom stereocenters. The van der Waals surface area contributed by atoms with E-state index in [-0.39, 0.29) is 0 Å². The van der Waals surface area contributed by atoms with E-state index >= 15 is 0 Å². The summed E-state index contributed by atoms with van der Waals surface area (Å²) in [6, 6.07) is 11.5. The SMILES string of the molecule is NC(=O)c1ccc(C2CCNCC2)c2cc(-c3ccccn3)oc12. The van der Waals surface area contributed by atoms with Gasteiger partial charge in [0.1, 0.15) is 11.3 Å². The molecule has 0 bridgehead atoms. The molecular formula is C19H19N3O2. The Labute approximate surface area is 139 Å². The van der Waals surface area contributed by atoms with E-state index < -0.39 is 5.91 Å². The molecule has 1 fully saturated rings. The van der Waals surface area contributed by atoms with Crippen molar-refractivity contribution in [2.24, 2.45) is 5.73 Å². The molecule has 24 heavy (non-hydrogen) atoms. The average Bonchev–Trinajstić information content (AvgIpc) is 3.07. The number of nitrogens with zero attached hydrogens (tertiary/aromatic N) is 1. The fraction of sp³-hybridized carbons (Fsp3) is 0.263. The molecule has 3 N–H and O–H groups in total. The lowest BCUT2D eigenvalue weighted by Gasteiger charge is -2.23. The van der Waals surface area contributed by atoms with Crippen molar-refractivity contribution in [2.45, 2.75) is 18.8 Å². The second kappa shape index (κ2) is 6.09. The summed E-state index contributed by atoms with van der Waals surface area (Å²) in [6.45, 7) is 2.02. The molecule has 0 unspecified atom stereocenters. The number of aromatic nitrogens is 1. The van der Waals surface area contributed by atoms with Gasteiger partial charge in [-0.15, -0.1) is 0 Å². The molecule has 122 valence electrons. The second-order valence-electron chi connectivity index (χ2n) is 6.16. The molecule has 4 rings (SSSR count). The van der Waals surface area contributed by atoms with E-state index in [1.165, 1.54) is 5.56 Å². The molecular weight excluding hydrogens is 302 g/mol. The number of amides is 1. The summed E-state index contributed by atoms with van der Waals surface area (Å²) in [5.41, 5.74) is 8.50. The van der Waals surface area contributed by atoms with Crippen LogP contribution in [-0.4, -0.2) is 24.0 Å². The van der Waals surface area contributed by atoms with E-state index in [2.05, 4.69) is 10.3 Å². The Hall–Kier alpha value is -2.66. The predicted octanol–water partition coefficient (Wildman–Crippen LogP) is 3.06. The van der Waals surface area contributed by atoms with Gasteiger partial charge in [0.05, 0.1) is 5.56 Å². The van der Waals surface area contributed by atoms with Crippen LogP contribution in [-0.2, 0) is 0 Å². The summed E-state index contributed by atoms with van der Waals surface area (Å²) < 4.78 is 6.00. The molecule has 2 aromatic heterocycles. The summed E-state index contributed by atoms with van der Waals surface area (Å²) in [5.74, 6) is 0.651. The van der Waals surface area contributed by atoms with Gasteiger partial charge in [-0.05, 0) is 61.7 Å². The van der Waals surface area contributed by atoms with Gasteiger partial charge in [-0.1, -0.05) is 12.1 Å². The molecule has 0 saturated carbocycles. The molecule has 1 saturated heterocycles. The monoisotopic (exact) mass is 321 g/mol. The van der Waals surface area contributed by atoms with Crippen LogP contribution in [0.2, 0.25) is 0 Å². The lowest BCUT2D eigenvalue weighted by molar-refractivity contribution is 0.100. The van der Waals surface area contributed by atoms with Crippen molar-refractivity contribution >= 4 is 16.9 Å².